The van der Waals surface area contributed by atoms with E-state index in [9.17, 15) is 9.59 Å². The number of ether oxygens (including phenoxy) is 3. The number of amides is 2. The van der Waals surface area contributed by atoms with Crippen molar-refractivity contribution in [1.82, 2.24) is 5.43 Å². The molecule has 2 amide bonds. The second-order valence-electron chi connectivity index (χ2n) is 6.42. The summed E-state index contributed by atoms with van der Waals surface area (Å²) >= 11 is 0. The number of methoxy groups -OCH3 is 3. The average molecular weight is 397 g/mol. The summed E-state index contributed by atoms with van der Waals surface area (Å²) < 4.78 is 15.7. The molecule has 1 atom stereocenters. The molecule has 1 aliphatic rings. The molecule has 0 aliphatic carbocycles. The molecular formula is C21H23N3O5. The van der Waals surface area contributed by atoms with Crippen LogP contribution in [0.15, 0.2) is 47.6 Å². The number of para-hydroxylation sites is 1. The van der Waals surface area contributed by atoms with Crippen LogP contribution in [0.3, 0.4) is 0 Å². The van der Waals surface area contributed by atoms with Gasteiger partial charge in [0.15, 0.2) is 11.5 Å². The Kier molecular flexibility index (Phi) is 6.33. The zero-order valence-corrected chi connectivity index (χ0v) is 16.5. The van der Waals surface area contributed by atoms with E-state index < -0.39 is 5.92 Å². The molecule has 152 valence electrons. The molecule has 0 aromatic heterocycles. The van der Waals surface area contributed by atoms with Crippen molar-refractivity contribution in [2.75, 3.05) is 32.8 Å². The van der Waals surface area contributed by atoms with Gasteiger partial charge in [-0.05, 0) is 36.4 Å². The lowest BCUT2D eigenvalue weighted by Gasteiger charge is -2.16. The van der Waals surface area contributed by atoms with Crippen LogP contribution in [-0.4, -0.2) is 45.9 Å². The molecule has 8 heteroatoms. The Hall–Kier alpha value is -3.55. The fourth-order valence-corrected chi connectivity index (χ4v) is 3.17. The predicted octanol–water partition coefficient (Wildman–Crippen LogP) is 2.22. The normalized spacial score (nSPS) is 16.2. The van der Waals surface area contributed by atoms with Crippen LogP contribution in [0, 0.1) is 5.92 Å². The Labute approximate surface area is 169 Å². The molecule has 1 N–H and O–H groups in total. The maximum Gasteiger partial charge on any atom is 0.245 e. The first-order chi connectivity index (χ1) is 14.1. The van der Waals surface area contributed by atoms with E-state index in [0.29, 0.717) is 29.4 Å². The Balaban J connectivity index is 1.63. The first-order valence-electron chi connectivity index (χ1n) is 9.05. The smallest absolute Gasteiger partial charge is 0.245 e. The number of nitrogens with one attached hydrogen (secondary N) is 1. The number of nitrogens with zero attached hydrogens (tertiary/aromatic N) is 2. The lowest BCUT2D eigenvalue weighted by molar-refractivity contribution is -0.126. The third kappa shape index (κ3) is 4.48. The highest BCUT2D eigenvalue weighted by Gasteiger charge is 2.35. The van der Waals surface area contributed by atoms with Crippen molar-refractivity contribution in [3.05, 3.63) is 48.0 Å². The minimum atomic E-state index is -0.478. The number of hydrazone groups is 1. The molecule has 1 fully saturated rings. The monoisotopic (exact) mass is 397 g/mol. The summed E-state index contributed by atoms with van der Waals surface area (Å²) in [6.07, 6.45) is 1.62. The van der Waals surface area contributed by atoms with E-state index in [0.717, 1.165) is 5.69 Å². The second-order valence-corrected chi connectivity index (χ2v) is 6.42. The van der Waals surface area contributed by atoms with Gasteiger partial charge in [-0.3, -0.25) is 9.59 Å². The van der Waals surface area contributed by atoms with Gasteiger partial charge in [0.2, 0.25) is 11.8 Å². The van der Waals surface area contributed by atoms with E-state index in [2.05, 4.69) is 10.5 Å². The molecule has 0 saturated carbocycles. The lowest BCUT2D eigenvalue weighted by Crippen LogP contribution is -2.30. The van der Waals surface area contributed by atoms with Crippen LogP contribution in [-0.2, 0) is 9.59 Å². The molecule has 0 unspecified atom stereocenters. The summed E-state index contributed by atoms with van der Waals surface area (Å²) in [7, 11) is 4.66. The third-order valence-corrected chi connectivity index (χ3v) is 4.69. The molecule has 0 radical (unpaired) electrons. The molecule has 2 aromatic rings. The molecule has 0 spiro atoms. The Morgan fingerprint density at radius 3 is 2.52 bits per heavy atom. The summed E-state index contributed by atoms with van der Waals surface area (Å²) in [6.45, 7) is 0.301. The molecule has 0 bridgehead atoms. The van der Waals surface area contributed by atoms with Crippen molar-refractivity contribution in [3.63, 3.8) is 0 Å². The minimum Gasteiger partial charge on any atom is -0.497 e. The van der Waals surface area contributed by atoms with Crippen LogP contribution in [0.2, 0.25) is 0 Å². The van der Waals surface area contributed by atoms with E-state index in [1.165, 1.54) is 13.3 Å². The largest absolute Gasteiger partial charge is 0.497 e. The molecule has 1 heterocycles. The van der Waals surface area contributed by atoms with Crippen molar-refractivity contribution in [2.24, 2.45) is 11.0 Å². The average Bonchev–Trinajstić information content (AvgIpc) is 3.15. The number of rotatable bonds is 7. The number of carbonyl (C=O) groups excluding carboxylic acids is 2. The molecule has 8 nitrogen and oxygen atoms in total. The number of benzene rings is 2. The fraction of sp³-hybridized carbons (Fsp3) is 0.286. The van der Waals surface area contributed by atoms with E-state index in [1.807, 2.05) is 0 Å². The maximum atomic E-state index is 12.5. The van der Waals surface area contributed by atoms with Crippen molar-refractivity contribution >= 4 is 23.7 Å². The van der Waals surface area contributed by atoms with Crippen LogP contribution < -0.4 is 24.5 Å². The predicted molar refractivity (Wildman–Crippen MR) is 109 cm³/mol. The van der Waals surface area contributed by atoms with Gasteiger partial charge >= 0.3 is 0 Å². The zero-order chi connectivity index (χ0) is 20.8. The first-order valence-corrected chi connectivity index (χ1v) is 9.05. The van der Waals surface area contributed by atoms with Gasteiger partial charge < -0.3 is 19.1 Å². The van der Waals surface area contributed by atoms with Gasteiger partial charge in [0.25, 0.3) is 0 Å². The first kappa shape index (κ1) is 20.2. The fourth-order valence-electron chi connectivity index (χ4n) is 3.17. The van der Waals surface area contributed by atoms with Crippen molar-refractivity contribution < 1.29 is 23.8 Å². The summed E-state index contributed by atoms with van der Waals surface area (Å²) in [4.78, 5) is 26.4. The van der Waals surface area contributed by atoms with Crippen molar-refractivity contribution in [1.29, 1.82) is 0 Å². The molecule has 1 aliphatic heterocycles. The van der Waals surface area contributed by atoms with Crippen molar-refractivity contribution in [3.8, 4) is 17.2 Å². The standard InChI is InChI=1S/C21H23N3O5/c1-27-17-9-7-16(8-10-17)24-13-15(11-19(24)25)21(26)23-22-12-14-5-4-6-18(28-2)20(14)29-3/h4-10,12,15H,11,13H2,1-3H3,(H,23,26)/b22-12+/t15-/m1/s1. The highest BCUT2D eigenvalue weighted by atomic mass is 16.5. The summed E-state index contributed by atoms with van der Waals surface area (Å²) in [5, 5.41) is 4.01. The van der Waals surface area contributed by atoms with Crippen molar-refractivity contribution in [2.45, 2.75) is 6.42 Å². The molecule has 1 saturated heterocycles. The summed E-state index contributed by atoms with van der Waals surface area (Å²) in [6, 6.07) is 12.5. The minimum absolute atomic E-state index is 0.103. The van der Waals surface area contributed by atoms with Crippen LogP contribution in [0.25, 0.3) is 0 Å². The van der Waals surface area contributed by atoms with Gasteiger partial charge in [-0.1, -0.05) is 6.07 Å². The quantitative estimate of drug-likeness (QED) is 0.572. The van der Waals surface area contributed by atoms with Gasteiger partial charge in [0.05, 0.1) is 33.5 Å². The van der Waals surface area contributed by atoms with Gasteiger partial charge in [0, 0.05) is 24.2 Å². The number of hydrogen-bond donors (Lipinski definition) is 1. The maximum absolute atomic E-state index is 12.5. The van der Waals surface area contributed by atoms with E-state index >= 15 is 0 Å². The topological polar surface area (TPSA) is 89.5 Å². The second kappa shape index (κ2) is 9.09. The Bertz CT molecular complexity index is 911. The molecule has 3 rings (SSSR count). The third-order valence-electron chi connectivity index (χ3n) is 4.69. The molecule has 29 heavy (non-hydrogen) atoms. The summed E-state index contributed by atoms with van der Waals surface area (Å²) in [5.41, 5.74) is 3.90. The number of carbonyl (C=O) groups is 2. The van der Waals surface area contributed by atoms with Crippen LogP contribution in [0.5, 0.6) is 17.2 Å². The van der Waals surface area contributed by atoms with Gasteiger partial charge in [-0.15, -0.1) is 0 Å². The highest BCUT2D eigenvalue weighted by Crippen LogP contribution is 2.29. The van der Waals surface area contributed by atoms with Crippen LogP contribution in [0.4, 0.5) is 5.69 Å². The SMILES string of the molecule is COc1ccc(N2C[C@H](C(=O)N/N=C/c3cccc(OC)c3OC)CC2=O)cc1. The number of anilines is 1. The van der Waals surface area contributed by atoms with E-state index in [-0.39, 0.29) is 18.2 Å². The highest BCUT2D eigenvalue weighted by molar-refractivity contribution is 6.00. The molecular weight excluding hydrogens is 374 g/mol. The van der Waals surface area contributed by atoms with Crippen LogP contribution >= 0.6 is 0 Å². The zero-order valence-electron chi connectivity index (χ0n) is 16.5. The molecule has 2 aromatic carbocycles. The Morgan fingerprint density at radius 2 is 1.86 bits per heavy atom. The summed E-state index contributed by atoms with van der Waals surface area (Å²) in [5.74, 6) is 0.904. The Morgan fingerprint density at radius 1 is 1.10 bits per heavy atom. The van der Waals surface area contributed by atoms with E-state index in [4.69, 9.17) is 14.2 Å². The van der Waals surface area contributed by atoms with Crippen LogP contribution in [0.1, 0.15) is 12.0 Å². The van der Waals surface area contributed by atoms with Gasteiger partial charge in [-0.2, -0.15) is 5.10 Å². The van der Waals surface area contributed by atoms with E-state index in [1.54, 1.807) is 61.6 Å². The van der Waals surface area contributed by atoms with Gasteiger partial charge in [0.1, 0.15) is 5.75 Å². The lowest BCUT2D eigenvalue weighted by atomic mass is 10.1. The number of hydrogen-bond acceptors (Lipinski definition) is 6. The van der Waals surface area contributed by atoms with Gasteiger partial charge in [-0.25, -0.2) is 5.43 Å².